The predicted octanol–water partition coefficient (Wildman–Crippen LogP) is -3.24. The Morgan fingerprint density at radius 2 is 2.04 bits per heavy atom. The van der Waals surface area contributed by atoms with Gasteiger partial charge in [0.25, 0.3) is 0 Å². The lowest BCUT2D eigenvalue weighted by Crippen LogP contribution is -2.65. The third-order valence-electron chi connectivity index (χ3n) is 3.97. The molecule has 0 bridgehead atoms. The number of carboxylic acids is 1. The number of aliphatic carboxylic acids is 1. The maximum atomic E-state index is 11.3. The zero-order valence-electron chi connectivity index (χ0n) is 12.6. The average molecular weight is 334 g/mol. The van der Waals surface area contributed by atoms with Crippen LogP contribution in [-0.2, 0) is 19.1 Å². The van der Waals surface area contributed by atoms with E-state index in [-0.39, 0.29) is 13.0 Å². The molecule has 0 spiro atoms. The van der Waals surface area contributed by atoms with Gasteiger partial charge in [-0.05, 0) is 0 Å². The monoisotopic (exact) mass is 334 g/mol. The van der Waals surface area contributed by atoms with Crippen molar-refractivity contribution in [2.45, 2.75) is 56.1 Å². The van der Waals surface area contributed by atoms with Crippen molar-refractivity contribution < 1.29 is 39.5 Å². The number of carbonyl (C=O) groups excluding carboxylic acids is 1. The Kier molecular flexibility index (Phi) is 5.89. The number of nitrogens with one attached hydrogen (secondary N) is 2. The van der Waals surface area contributed by atoms with Gasteiger partial charge >= 0.3 is 5.97 Å². The Morgan fingerprint density at radius 3 is 2.57 bits per heavy atom. The molecule has 2 fully saturated rings. The highest BCUT2D eigenvalue weighted by molar-refractivity contribution is 5.74. The molecule has 0 radical (unpaired) electrons. The second kappa shape index (κ2) is 7.51. The van der Waals surface area contributed by atoms with E-state index in [2.05, 4.69) is 10.6 Å². The number of hydrogen-bond acceptors (Lipinski definition) is 8. The van der Waals surface area contributed by atoms with Crippen LogP contribution in [0.15, 0.2) is 0 Å². The number of hydrogen-bond donors (Lipinski definition) is 6. The summed E-state index contributed by atoms with van der Waals surface area (Å²) in [5.41, 5.74) is 0. The minimum absolute atomic E-state index is 0.199. The molecule has 0 aliphatic carbocycles. The molecule has 10 nitrogen and oxygen atoms in total. The van der Waals surface area contributed by atoms with Gasteiger partial charge in [0.15, 0.2) is 6.29 Å². The largest absolute Gasteiger partial charge is 0.480 e. The Bertz CT molecular complexity index is 448. The highest BCUT2D eigenvalue weighted by Crippen LogP contribution is 2.25. The SMILES string of the molecule is CC(=O)N[C@H]1[C@H](O[C@@H]2CN[C@H](C(=O)O)C2)O[C@H](CO)[C@@H](O)[C@@H]1O. The summed E-state index contributed by atoms with van der Waals surface area (Å²) in [6, 6.07) is -1.78. The van der Waals surface area contributed by atoms with Crippen LogP contribution in [0.2, 0.25) is 0 Å². The molecule has 2 saturated heterocycles. The van der Waals surface area contributed by atoms with Crippen molar-refractivity contribution in [1.29, 1.82) is 0 Å². The second-order valence-electron chi connectivity index (χ2n) is 5.73. The van der Waals surface area contributed by atoms with E-state index in [0.29, 0.717) is 0 Å². The maximum Gasteiger partial charge on any atom is 0.320 e. The molecule has 23 heavy (non-hydrogen) atoms. The number of ether oxygens (including phenoxy) is 2. The van der Waals surface area contributed by atoms with Gasteiger partial charge in [0.2, 0.25) is 5.91 Å². The summed E-state index contributed by atoms with van der Waals surface area (Å²) < 4.78 is 11.1. The zero-order valence-corrected chi connectivity index (χ0v) is 12.6. The summed E-state index contributed by atoms with van der Waals surface area (Å²) in [6.45, 7) is 0.976. The molecule has 0 aromatic carbocycles. The van der Waals surface area contributed by atoms with Crippen LogP contribution in [0.1, 0.15) is 13.3 Å². The first-order valence-electron chi connectivity index (χ1n) is 7.34. The van der Waals surface area contributed by atoms with Crippen LogP contribution in [0.5, 0.6) is 0 Å². The van der Waals surface area contributed by atoms with E-state index in [9.17, 15) is 24.9 Å². The minimum Gasteiger partial charge on any atom is -0.480 e. The molecule has 6 N–H and O–H groups in total. The number of aliphatic hydroxyl groups is 3. The van der Waals surface area contributed by atoms with Crippen molar-refractivity contribution in [3.05, 3.63) is 0 Å². The molecule has 2 rings (SSSR count). The average Bonchev–Trinajstić information content (AvgIpc) is 2.95. The van der Waals surface area contributed by atoms with Gasteiger partial charge in [-0.2, -0.15) is 0 Å². The normalized spacial score (nSPS) is 40.8. The van der Waals surface area contributed by atoms with Crippen molar-refractivity contribution in [3.63, 3.8) is 0 Å². The Labute approximate surface area is 132 Å². The van der Waals surface area contributed by atoms with E-state index in [4.69, 9.17) is 14.6 Å². The fourth-order valence-electron chi connectivity index (χ4n) is 2.77. The molecule has 0 unspecified atom stereocenters. The minimum atomic E-state index is -1.39. The van der Waals surface area contributed by atoms with Gasteiger partial charge in [0.1, 0.15) is 30.4 Å². The maximum absolute atomic E-state index is 11.3. The lowest BCUT2D eigenvalue weighted by atomic mass is 9.97. The predicted molar refractivity (Wildman–Crippen MR) is 74.3 cm³/mol. The van der Waals surface area contributed by atoms with Crippen LogP contribution in [-0.4, -0.2) is 88.2 Å². The first-order valence-corrected chi connectivity index (χ1v) is 7.34. The molecular formula is C13H22N2O8. The lowest BCUT2D eigenvalue weighted by Gasteiger charge is -2.42. The molecule has 0 saturated carbocycles. The topological polar surface area (TPSA) is 158 Å². The number of carboxylic acid groups (broad SMARTS) is 1. The van der Waals surface area contributed by atoms with Crippen LogP contribution in [0.25, 0.3) is 0 Å². The first-order chi connectivity index (χ1) is 10.8. The number of amides is 1. The quantitative estimate of drug-likeness (QED) is 0.304. The van der Waals surface area contributed by atoms with Gasteiger partial charge in [0, 0.05) is 19.9 Å². The molecule has 10 heteroatoms. The molecule has 1 amide bonds. The number of aliphatic hydroxyl groups excluding tert-OH is 3. The zero-order chi connectivity index (χ0) is 17.1. The Morgan fingerprint density at radius 1 is 1.35 bits per heavy atom. The lowest BCUT2D eigenvalue weighted by molar-refractivity contribution is -0.280. The Hall–Kier alpha value is -1.30. The second-order valence-corrected chi connectivity index (χ2v) is 5.73. The van der Waals surface area contributed by atoms with Crippen molar-refractivity contribution in [3.8, 4) is 0 Å². The fraction of sp³-hybridized carbons (Fsp3) is 0.846. The molecule has 2 heterocycles. The van der Waals surface area contributed by atoms with Crippen molar-refractivity contribution in [1.82, 2.24) is 10.6 Å². The molecule has 7 atom stereocenters. The van der Waals surface area contributed by atoms with Gasteiger partial charge in [-0.15, -0.1) is 0 Å². The van der Waals surface area contributed by atoms with Crippen LogP contribution in [0, 0.1) is 0 Å². The highest BCUT2D eigenvalue weighted by Gasteiger charge is 2.46. The van der Waals surface area contributed by atoms with E-state index in [0.717, 1.165) is 0 Å². The molecule has 0 aromatic rings. The smallest absolute Gasteiger partial charge is 0.320 e. The van der Waals surface area contributed by atoms with Gasteiger partial charge < -0.3 is 40.5 Å². The summed E-state index contributed by atoms with van der Waals surface area (Å²) in [5, 5.41) is 43.4. The van der Waals surface area contributed by atoms with Crippen LogP contribution >= 0.6 is 0 Å². The summed E-state index contributed by atoms with van der Waals surface area (Å²) in [5.74, 6) is -1.45. The van der Waals surface area contributed by atoms with Gasteiger partial charge in [0.05, 0.1) is 12.7 Å². The fourth-order valence-corrected chi connectivity index (χ4v) is 2.77. The van der Waals surface area contributed by atoms with Crippen molar-refractivity contribution in [2.75, 3.05) is 13.2 Å². The summed E-state index contributed by atoms with van der Waals surface area (Å²) in [7, 11) is 0. The first kappa shape index (κ1) is 18.0. The van der Waals surface area contributed by atoms with E-state index < -0.39 is 61.3 Å². The van der Waals surface area contributed by atoms with E-state index in [1.807, 2.05) is 0 Å². The van der Waals surface area contributed by atoms with Crippen molar-refractivity contribution >= 4 is 11.9 Å². The van der Waals surface area contributed by atoms with Crippen LogP contribution in [0.4, 0.5) is 0 Å². The molecule has 2 aliphatic rings. The van der Waals surface area contributed by atoms with Crippen LogP contribution in [0.3, 0.4) is 0 Å². The summed E-state index contributed by atoms with van der Waals surface area (Å²) in [4.78, 5) is 22.2. The van der Waals surface area contributed by atoms with E-state index >= 15 is 0 Å². The van der Waals surface area contributed by atoms with Crippen LogP contribution < -0.4 is 10.6 Å². The van der Waals surface area contributed by atoms with Gasteiger partial charge in [-0.1, -0.05) is 0 Å². The van der Waals surface area contributed by atoms with E-state index in [1.54, 1.807) is 0 Å². The summed E-state index contributed by atoms with van der Waals surface area (Å²) in [6.07, 6.45) is -5.26. The number of carbonyl (C=O) groups is 2. The molecule has 0 aromatic heterocycles. The number of rotatable bonds is 5. The molecule has 132 valence electrons. The Balaban J connectivity index is 2.06. The highest BCUT2D eigenvalue weighted by atomic mass is 16.7. The third kappa shape index (κ3) is 4.16. The molecule has 2 aliphatic heterocycles. The standard InChI is InChI=1S/C13H22N2O8/c1-5(17)15-9-11(19)10(18)8(4-16)23-13(9)22-6-2-7(12(20)21)14-3-6/h6-11,13-14,16,18-19H,2-4H2,1H3,(H,15,17)(H,20,21)/t6-,7-,8+,9+,10+,11+,13+/m0/s1. The summed E-state index contributed by atoms with van der Waals surface area (Å²) >= 11 is 0. The van der Waals surface area contributed by atoms with Crippen molar-refractivity contribution in [2.24, 2.45) is 0 Å². The van der Waals surface area contributed by atoms with E-state index in [1.165, 1.54) is 6.92 Å². The molecular weight excluding hydrogens is 312 g/mol. The van der Waals surface area contributed by atoms with Gasteiger partial charge in [-0.25, -0.2) is 0 Å². The van der Waals surface area contributed by atoms with Gasteiger partial charge in [-0.3, -0.25) is 9.59 Å². The third-order valence-corrected chi connectivity index (χ3v) is 3.97.